The van der Waals surface area contributed by atoms with Gasteiger partial charge in [-0.05, 0) is 43.9 Å². The molecule has 0 radical (unpaired) electrons. The second kappa shape index (κ2) is 20.8. The van der Waals surface area contributed by atoms with E-state index in [9.17, 15) is 19.2 Å². The average molecular weight is 721 g/mol. The number of thiazole rings is 1. The number of hydrogen-bond donors (Lipinski definition) is 8. The summed E-state index contributed by atoms with van der Waals surface area (Å²) < 4.78 is 11.0. The predicted molar refractivity (Wildman–Crippen MR) is 191 cm³/mol. The highest BCUT2D eigenvalue weighted by Crippen LogP contribution is 2.29. The van der Waals surface area contributed by atoms with Crippen LogP contribution in [0, 0.1) is 0 Å². The van der Waals surface area contributed by atoms with E-state index in [0.717, 1.165) is 32.6 Å². The summed E-state index contributed by atoms with van der Waals surface area (Å²) in [4.78, 5) is 68.7. The van der Waals surface area contributed by atoms with Gasteiger partial charge in [0.05, 0.1) is 30.0 Å². The zero-order valence-electron chi connectivity index (χ0n) is 27.2. The molecule has 2 atom stereocenters. The summed E-state index contributed by atoms with van der Waals surface area (Å²) in [5.41, 5.74) is 22.9. The summed E-state index contributed by atoms with van der Waals surface area (Å²) in [5.74, 6) is -1.50. The molecule has 0 saturated carbocycles. The monoisotopic (exact) mass is 720 g/mol. The number of rotatable bonds is 21. The molecule has 2 heterocycles. The molecule has 0 aliphatic carbocycles. The molecule has 3 rings (SSSR count). The minimum atomic E-state index is -0.999. The Morgan fingerprint density at radius 3 is 2.24 bits per heavy atom. The van der Waals surface area contributed by atoms with Gasteiger partial charge in [0, 0.05) is 38.2 Å². The fourth-order valence-electron chi connectivity index (χ4n) is 4.41. The molecule has 12 N–H and O–H groups in total. The second-order valence-corrected chi connectivity index (χ2v) is 12.7. The molecule has 20 heteroatoms. The third-order valence-electron chi connectivity index (χ3n) is 6.71. The number of hydrogen-bond acceptors (Lipinski definition) is 12. The summed E-state index contributed by atoms with van der Waals surface area (Å²) in [7, 11) is 1.50. The van der Waals surface area contributed by atoms with Crippen LogP contribution in [0.5, 0.6) is 0 Å². The number of ether oxygens (including phenoxy) is 2. The van der Waals surface area contributed by atoms with Crippen LogP contribution >= 0.6 is 23.1 Å². The fourth-order valence-corrected chi connectivity index (χ4v) is 6.35. The number of guanidine groups is 2. The van der Waals surface area contributed by atoms with Crippen molar-refractivity contribution in [2.45, 2.75) is 37.8 Å². The van der Waals surface area contributed by atoms with Crippen LogP contribution in [0.25, 0.3) is 10.2 Å². The van der Waals surface area contributed by atoms with Crippen molar-refractivity contribution in [2.75, 3.05) is 64.2 Å². The molecule has 18 nitrogen and oxygen atoms in total. The molecule has 0 bridgehead atoms. The van der Waals surface area contributed by atoms with E-state index in [2.05, 4.69) is 41.2 Å². The molecular weight excluding hydrogens is 677 g/mol. The number of aliphatic imine (C=N–C) groups is 3. The minimum absolute atomic E-state index is 0.0894. The van der Waals surface area contributed by atoms with Crippen molar-refractivity contribution < 1.29 is 28.7 Å². The maximum atomic E-state index is 13.4. The van der Waals surface area contributed by atoms with Gasteiger partial charge >= 0.3 is 0 Å². The van der Waals surface area contributed by atoms with E-state index in [-0.39, 0.29) is 51.1 Å². The molecule has 1 aliphatic heterocycles. The average Bonchev–Trinajstić information content (AvgIpc) is 3.75. The summed E-state index contributed by atoms with van der Waals surface area (Å²) in [5, 5.41) is 12.4. The first-order valence-corrected chi connectivity index (χ1v) is 17.3. The molecule has 1 aromatic carbocycles. The van der Waals surface area contributed by atoms with E-state index in [1.807, 2.05) is 12.1 Å². The van der Waals surface area contributed by atoms with Crippen molar-refractivity contribution in [1.82, 2.24) is 20.9 Å². The van der Waals surface area contributed by atoms with Crippen LogP contribution in [0.15, 0.2) is 33.2 Å². The van der Waals surface area contributed by atoms with E-state index < -0.39 is 42.3 Å². The SMILES string of the molecule is COCCOCC(=O)NC(CCCN=C(N)N)C(=O)NCC(=O)NC(CCCN=C(N)N)C(=O)Nc1ccc2nc(C3=NCCS3)sc2c1. The number of methoxy groups -OCH3 is 1. The number of carbonyl (C=O) groups excluding carboxylic acids is 4. The highest BCUT2D eigenvalue weighted by Gasteiger charge is 2.24. The van der Waals surface area contributed by atoms with E-state index >= 15 is 0 Å². The topological polar surface area (TPSA) is 289 Å². The van der Waals surface area contributed by atoms with Gasteiger partial charge in [0.1, 0.15) is 28.7 Å². The van der Waals surface area contributed by atoms with Crippen molar-refractivity contribution in [1.29, 1.82) is 0 Å². The predicted octanol–water partition coefficient (Wildman–Crippen LogP) is -1.42. The Labute approximate surface area is 291 Å². The van der Waals surface area contributed by atoms with Crippen LogP contribution in [-0.2, 0) is 28.7 Å². The fraction of sp³-hybridized carbons (Fsp3) is 0.517. The maximum Gasteiger partial charge on any atom is 0.246 e. The van der Waals surface area contributed by atoms with Gasteiger partial charge in [-0.3, -0.25) is 34.2 Å². The lowest BCUT2D eigenvalue weighted by Gasteiger charge is -2.20. The number of nitrogens with one attached hydrogen (secondary N) is 4. The van der Waals surface area contributed by atoms with Crippen LogP contribution < -0.4 is 44.2 Å². The molecule has 0 saturated heterocycles. The van der Waals surface area contributed by atoms with Gasteiger partial charge < -0.3 is 53.7 Å². The Morgan fingerprint density at radius 2 is 1.61 bits per heavy atom. The molecule has 0 fully saturated rings. The number of amides is 4. The number of fused-ring (bicyclic) bond motifs is 1. The number of nitrogens with two attached hydrogens (primary N) is 4. The molecular formula is C29H44N12O6S2. The molecule has 1 aromatic heterocycles. The second-order valence-electron chi connectivity index (χ2n) is 10.6. The van der Waals surface area contributed by atoms with Crippen LogP contribution in [0.2, 0.25) is 0 Å². The zero-order chi connectivity index (χ0) is 35.6. The van der Waals surface area contributed by atoms with Crippen molar-refractivity contribution in [3.05, 3.63) is 23.2 Å². The Morgan fingerprint density at radius 1 is 0.939 bits per heavy atom. The number of benzene rings is 1. The van der Waals surface area contributed by atoms with Gasteiger partial charge in [-0.1, -0.05) is 0 Å². The van der Waals surface area contributed by atoms with E-state index in [1.54, 1.807) is 17.8 Å². The van der Waals surface area contributed by atoms with E-state index in [0.29, 0.717) is 25.1 Å². The molecule has 2 aromatic rings. The summed E-state index contributed by atoms with van der Waals surface area (Å²) in [6.07, 6.45) is 1.14. The number of anilines is 1. The smallest absolute Gasteiger partial charge is 0.246 e. The van der Waals surface area contributed by atoms with Gasteiger partial charge in [-0.25, -0.2) is 4.98 Å². The number of carbonyl (C=O) groups is 4. The Hall–Kier alpha value is -4.53. The van der Waals surface area contributed by atoms with Crippen LogP contribution in [-0.4, -0.2) is 117 Å². The van der Waals surface area contributed by atoms with Gasteiger partial charge in [-0.2, -0.15) is 0 Å². The first-order valence-electron chi connectivity index (χ1n) is 15.5. The molecule has 49 heavy (non-hydrogen) atoms. The van der Waals surface area contributed by atoms with Crippen LogP contribution in [0.4, 0.5) is 5.69 Å². The first kappa shape index (κ1) is 38.9. The highest BCUT2D eigenvalue weighted by molar-refractivity contribution is 8.15. The highest BCUT2D eigenvalue weighted by atomic mass is 32.2. The summed E-state index contributed by atoms with van der Waals surface area (Å²) in [6, 6.07) is 3.38. The van der Waals surface area contributed by atoms with Gasteiger partial charge in [0.2, 0.25) is 23.6 Å². The molecule has 268 valence electrons. The van der Waals surface area contributed by atoms with Crippen molar-refractivity contribution in [2.24, 2.45) is 37.9 Å². The van der Waals surface area contributed by atoms with Crippen molar-refractivity contribution >= 4 is 79.6 Å². The quantitative estimate of drug-likeness (QED) is 0.0419. The Kier molecular flexibility index (Phi) is 16.5. The zero-order valence-corrected chi connectivity index (χ0v) is 28.9. The summed E-state index contributed by atoms with van der Waals surface area (Å²) >= 11 is 3.15. The van der Waals surface area contributed by atoms with Crippen molar-refractivity contribution in [3.8, 4) is 0 Å². The lowest BCUT2D eigenvalue weighted by Crippen LogP contribution is -2.51. The standard InChI is InChI=1S/C29H44N12O6S2/c1-46-11-12-47-16-23(43)40-19(4-2-8-35-28(30)31)24(44)37-15-22(42)39-20(5-3-9-36-29(32)33)25(45)38-17-6-7-18-21(14-17)49-27(41-18)26-34-10-13-48-26/h6-7,14,19-20H,2-5,8-13,15-16H2,1H3,(H,37,44)(H,38,45)(H,39,42)(H,40,43)(H4,30,31,35)(H4,32,33,36). The number of thioether (sulfide) groups is 1. The third-order valence-corrected chi connectivity index (χ3v) is 8.84. The minimum Gasteiger partial charge on any atom is -0.382 e. The maximum absolute atomic E-state index is 13.4. The first-order chi connectivity index (χ1) is 23.5. The van der Waals surface area contributed by atoms with E-state index in [4.69, 9.17) is 32.4 Å². The molecule has 0 spiro atoms. The largest absolute Gasteiger partial charge is 0.382 e. The van der Waals surface area contributed by atoms with Crippen LogP contribution in [0.1, 0.15) is 30.7 Å². The number of aromatic nitrogens is 1. The molecule has 2 unspecified atom stereocenters. The van der Waals surface area contributed by atoms with E-state index in [1.165, 1.54) is 18.4 Å². The van der Waals surface area contributed by atoms with Crippen molar-refractivity contribution in [3.63, 3.8) is 0 Å². The van der Waals surface area contributed by atoms with Crippen LogP contribution in [0.3, 0.4) is 0 Å². The normalized spacial score (nSPS) is 13.5. The van der Waals surface area contributed by atoms with Gasteiger partial charge in [-0.15, -0.1) is 23.1 Å². The lowest BCUT2D eigenvalue weighted by molar-refractivity contribution is -0.133. The Bertz CT molecular complexity index is 1520. The Balaban J connectivity index is 1.62. The van der Waals surface area contributed by atoms with Gasteiger partial charge in [0.25, 0.3) is 0 Å². The third kappa shape index (κ3) is 14.2. The lowest BCUT2D eigenvalue weighted by atomic mass is 10.1. The number of nitrogens with zero attached hydrogens (tertiary/aromatic N) is 4. The molecule has 4 amide bonds. The molecule has 1 aliphatic rings. The summed E-state index contributed by atoms with van der Waals surface area (Å²) in [6.45, 7) is 0.988. The van der Waals surface area contributed by atoms with Gasteiger partial charge in [0.15, 0.2) is 11.9 Å².